The first kappa shape index (κ1) is 9.12. The van der Waals surface area contributed by atoms with E-state index in [4.69, 9.17) is 10.5 Å². The van der Waals surface area contributed by atoms with Crippen LogP contribution in [0.2, 0.25) is 0 Å². The molecule has 0 spiro atoms. The van der Waals surface area contributed by atoms with Gasteiger partial charge in [0.15, 0.2) is 0 Å². The van der Waals surface area contributed by atoms with E-state index >= 15 is 0 Å². The molecule has 0 amide bonds. The third kappa shape index (κ3) is 1.75. The van der Waals surface area contributed by atoms with E-state index in [0.29, 0.717) is 6.54 Å². The first-order valence-electron chi connectivity index (χ1n) is 4.49. The second-order valence-corrected chi connectivity index (χ2v) is 4.43. The fourth-order valence-electron chi connectivity index (χ4n) is 1.64. The van der Waals surface area contributed by atoms with Gasteiger partial charge in [0, 0.05) is 11.9 Å². The van der Waals surface area contributed by atoms with E-state index in [-0.39, 0.29) is 11.7 Å². The zero-order chi connectivity index (χ0) is 9.31. The summed E-state index contributed by atoms with van der Waals surface area (Å²) < 4.78 is 5.86. The molecule has 0 radical (unpaired) electrons. The molecule has 72 valence electrons. The van der Waals surface area contributed by atoms with Crippen molar-refractivity contribution in [3.05, 3.63) is 16.6 Å². The summed E-state index contributed by atoms with van der Waals surface area (Å²) in [6.45, 7) is 2.66. The molecule has 4 heteroatoms. The number of ether oxygens (including phenoxy) is 1. The smallest absolute Gasteiger partial charge is 0.101 e. The van der Waals surface area contributed by atoms with Gasteiger partial charge >= 0.3 is 0 Å². The zero-order valence-electron chi connectivity index (χ0n) is 7.69. The average molecular weight is 198 g/mol. The summed E-state index contributed by atoms with van der Waals surface area (Å²) in [4.78, 5) is 4.25. The van der Waals surface area contributed by atoms with Crippen molar-refractivity contribution in [2.45, 2.75) is 31.5 Å². The van der Waals surface area contributed by atoms with Gasteiger partial charge in [-0.05, 0) is 19.8 Å². The number of rotatable bonds is 2. The van der Waals surface area contributed by atoms with Crippen LogP contribution < -0.4 is 5.73 Å². The molecule has 2 rings (SSSR count). The molecule has 2 heterocycles. The highest BCUT2D eigenvalue weighted by Gasteiger charge is 2.36. The number of aromatic nitrogens is 1. The Balaban J connectivity index is 2.07. The van der Waals surface area contributed by atoms with Gasteiger partial charge in [-0.25, -0.2) is 4.98 Å². The zero-order valence-corrected chi connectivity index (χ0v) is 8.51. The lowest BCUT2D eigenvalue weighted by molar-refractivity contribution is -0.0244. The minimum absolute atomic E-state index is 0.131. The average Bonchev–Trinajstić information content (AvgIpc) is 2.73. The highest BCUT2D eigenvalue weighted by atomic mass is 32.1. The molecule has 3 nitrogen and oxygen atoms in total. The van der Waals surface area contributed by atoms with Gasteiger partial charge in [-0.1, -0.05) is 0 Å². The summed E-state index contributed by atoms with van der Waals surface area (Å²) >= 11 is 1.61. The Hall–Kier alpha value is -0.450. The van der Waals surface area contributed by atoms with Gasteiger partial charge < -0.3 is 10.5 Å². The first-order valence-corrected chi connectivity index (χ1v) is 5.44. The SMILES string of the molecule is CC1(CN)CCC(c2cscn2)O1. The Morgan fingerprint density at radius 1 is 1.85 bits per heavy atom. The molecule has 0 saturated carbocycles. The molecule has 2 atom stereocenters. The van der Waals surface area contributed by atoms with Crippen molar-refractivity contribution in [3.8, 4) is 0 Å². The Bertz CT molecular complexity index is 275. The molecule has 1 aliphatic heterocycles. The third-order valence-electron chi connectivity index (χ3n) is 2.58. The van der Waals surface area contributed by atoms with Crippen LogP contribution in [0.4, 0.5) is 0 Å². The summed E-state index contributed by atoms with van der Waals surface area (Å²) in [7, 11) is 0. The summed E-state index contributed by atoms with van der Waals surface area (Å²) in [5, 5.41) is 2.05. The van der Waals surface area contributed by atoms with E-state index in [1.807, 2.05) is 10.9 Å². The monoisotopic (exact) mass is 198 g/mol. The predicted molar refractivity (Wildman–Crippen MR) is 52.6 cm³/mol. The minimum Gasteiger partial charge on any atom is -0.364 e. The molecule has 0 aliphatic carbocycles. The fraction of sp³-hybridized carbons (Fsp3) is 0.667. The van der Waals surface area contributed by atoms with Gasteiger partial charge in [0.05, 0.1) is 16.8 Å². The molecule has 0 aromatic carbocycles. The van der Waals surface area contributed by atoms with Crippen molar-refractivity contribution in [3.63, 3.8) is 0 Å². The van der Waals surface area contributed by atoms with E-state index < -0.39 is 0 Å². The van der Waals surface area contributed by atoms with E-state index in [1.54, 1.807) is 11.3 Å². The maximum absolute atomic E-state index is 5.86. The number of nitrogens with two attached hydrogens (primary N) is 1. The maximum Gasteiger partial charge on any atom is 0.101 e. The second kappa shape index (κ2) is 3.36. The molecule has 2 N–H and O–H groups in total. The number of hydrogen-bond acceptors (Lipinski definition) is 4. The topological polar surface area (TPSA) is 48.1 Å². The van der Waals surface area contributed by atoms with E-state index in [0.717, 1.165) is 18.5 Å². The molecule has 1 saturated heterocycles. The second-order valence-electron chi connectivity index (χ2n) is 3.71. The van der Waals surface area contributed by atoms with Crippen molar-refractivity contribution in [1.82, 2.24) is 4.98 Å². The highest BCUT2D eigenvalue weighted by molar-refractivity contribution is 7.07. The lowest BCUT2D eigenvalue weighted by atomic mass is 10.0. The van der Waals surface area contributed by atoms with E-state index in [1.165, 1.54) is 0 Å². The lowest BCUT2D eigenvalue weighted by Crippen LogP contribution is -2.33. The lowest BCUT2D eigenvalue weighted by Gasteiger charge is -2.21. The predicted octanol–water partition coefficient (Wildman–Crippen LogP) is 1.71. The largest absolute Gasteiger partial charge is 0.364 e. The van der Waals surface area contributed by atoms with Crippen LogP contribution in [-0.2, 0) is 4.74 Å². The Kier molecular flexibility index (Phi) is 2.36. The van der Waals surface area contributed by atoms with Gasteiger partial charge in [0.2, 0.25) is 0 Å². The number of hydrogen-bond donors (Lipinski definition) is 1. The molecule has 1 aliphatic rings. The molecular formula is C9H14N2OS. The van der Waals surface area contributed by atoms with Gasteiger partial charge in [-0.2, -0.15) is 0 Å². The van der Waals surface area contributed by atoms with Gasteiger partial charge in [0.25, 0.3) is 0 Å². The molecule has 13 heavy (non-hydrogen) atoms. The van der Waals surface area contributed by atoms with Crippen LogP contribution in [0.15, 0.2) is 10.9 Å². The molecule has 1 aromatic rings. The van der Waals surface area contributed by atoms with Crippen LogP contribution in [-0.4, -0.2) is 17.1 Å². The molecular weight excluding hydrogens is 184 g/mol. The summed E-state index contributed by atoms with van der Waals surface area (Å²) in [5.74, 6) is 0. The van der Waals surface area contributed by atoms with Crippen LogP contribution >= 0.6 is 11.3 Å². The summed E-state index contributed by atoms with van der Waals surface area (Å²) in [6.07, 6.45) is 2.24. The van der Waals surface area contributed by atoms with Crippen molar-refractivity contribution in [1.29, 1.82) is 0 Å². The normalized spacial score (nSPS) is 33.8. The Morgan fingerprint density at radius 2 is 2.69 bits per heavy atom. The van der Waals surface area contributed by atoms with Crippen molar-refractivity contribution < 1.29 is 4.74 Å². The van der Waals surface area contributed by atoms with Gasteiger partial charge in [0.1, 0.15) is 6.10 Å². The Morgan fingerprint density at radius 3 is 3.23 bits per heavy atom. The molecule has 0 bridgehead atoms. The maximum atomic E-state index is 5.86. The van der Waals surface area contributed by atoms with Crippen LogP contribution in [0.1, 0.15) is 31.6 Å². The molecule has 1 fully saturated rings. The Labute approximate surface area is 81.9 Å². The first-order chi connectivity index (χ1) is 6.23. The van der Waals surface area contributed by atoms with Crippen LogP contribution in [0.5, 0.6) is 0 Å². The standard InChI is InChI=1S/C9H14N2OS/c1-9(5-10)3-2-8(12-9)7-4-13-6-11-7/h4,6,8H,2-3,5,10H2,1H3. The molecule has 1 aromatic heterocycles. The van der Waals surface area contributed by atoms with Crippen molar-refractivity contribution in [2.75, 3.05) is 6.54 Å². The van der Waals surface area contributed by atoms with Crippen molar-refractivity contribution in [2.24, 2.45) is 5.73 Å². The van der Waals surface area contributed by atoms with E-state index in [2.05, 4.69) is 11.9 Å². The van der Waals surface area contributed by atoms with Crippen molar-refractivity contribution >= 4 is 11.3 Å². The van der Waals surface area contributed by atoms with Crippen LogP contribution in [0, 0.1) is 0 Å². The summed E-state index contributed by atoms with van der Waals surface area (Å²) in [6, 6.07) is 0. The fourth-order valence-corrected chi connectivity index (χ4v) is 2.23. The van der Waals surface area contributed by atoms with E-state index in [9.17, 15) is 0 Å². The quantitative estimate of drug-likeness (QED) is 0.787. The minimum atomic E-state index is -0.131. The highest BCUT2D eigenvalue weighted by Crippen LogP contribution is 2.38. The number of thiazole rings is 1. The van der Waals surface area contributed by atoms with Gasteiger partial charge in [-0.15, -0.1) is 11.3 Å². The van der Waals surface area contributed by atoms with Gasteiger partial charge in [-0.3, -0.25) is 0 Å². The van der Waals surface area contributed by atoms with Crippen LogP contribution in [0.3, 0.4) is 0 Å². The third-order valence-corrected chi connectivity index (χ3v) is 3.18. The summed E-state index contributed by atoms with van der Waals surface area (Å²) in [5.41, 5.74) is 8.41. The number of nitrogens with zero attached hydrogens (tertiary/aromatic N) is 1. The van der Waals surface area contributed by atoms with Crippen LogP contribution in [0.25, 0.3) is 0 Å². The molecule has 2 unspecified atom stereocenters.